The molecule has 56 valence electrons. The molecule has 0 spiro atoms. The predicted octanol–water partition coefficient (Wildman–Crippen LogP) is 1.71. The van der Waals surface area contributed by atoms with Crippen molar-refractivity contribution in [1.82, 2.24) is 0 Å². The smallest absolute Gasteiger partial charge is 0.188 e. The van der Waals surface area contributed by atoms with E-state index in [1.807, 2.05) is 0 Å². The van der Waals surface area contributed by atoms with E-state index in [1.165, 1.54) is 6.07 Å². The molecule has 0 bridgehead atoms. The molecule has 0 aliphatic heterocycles. The first-order valence-corrected chi connectivity index (χ1v) is 4.71. The number of halogens is 1. The Bertz CT molecular complexity index is 325. The van der Waals surface area contributed by atoms with Crippen LogP contribution in [-0.2, 0) is 10.2 Å². The van der Waals surface area contributed by atoms with E-state index in [4.69, 9.17) is 0 Å². The Morgan fingerprint density at radius 2 is 2.10 bits per heavy atom. The Morgan fingerprint density at radius 3 is 2.30 bits per heavy atom. The van der Waals surface area contributed by atoms with Crippen molar-refractivity contribution in [2.75, 3.05) is 0 Å². The molecule has 0 amide bonds. The number of hydrogen-bond acceptors (Lipinski definition) is 3. The maximum Gasteiger partial charge on any atom is 0.341 e. The molecule has 0 saturated carbocycles. The van der Waals surface area contributed by atoms with Gasteiger partial charge in [0, 0.05) is 4.88 Å². The molecule has 0 aromatic carbocycles. The van der Waals surface area contributed by atoms with Gasteiger partial charge in [-0.3, -0.25) is 0 Å². The summed E-state index contributed by atoms with van der Waals surface area (Å²) < 4.78 is 32.3. The van der Waals surface area contributed by atoms with Crippen molar-refractivity contribution in [3.63, 3.8) is 0 Å². The van der Waals surface area contributed by atoms with Crippen LogP contribution in [0.3, 0.4) is 0 Å². The molecule has 1 heterocycles. The highest BCUT2D eigenvalue weighted by Gasteiger charge is 2.12. The first-order valence-electron chi connectivity index (χ1n) is 2.51. The highest BCUT2D eigenvalue weighted by molar-refractivity contribution is 7.88. The zero-order chi connectivity index (χ0) is 7.78. The third-order valence-corrected chi connectivity index (χ3v) is 3.22. The van der Waals surface area contributed by atoms with Crippen LogP contribution < -0.4 is 0 Å². The normalized spacial score (nSPS) is 11.8. The monoisotopic (exact) mass is 180 g/mol. The Kier molecular flexibility index (Phi) is 1.78. The standard InChI is InChI=1S/C5H5FO2S2/c1-4-2-3-5(9-4)10(6,7)8/h2-3H,1H3. The molecule has 0 N–H and O–H groups in total. The lowest BCUT2D eigenvalue weighted by atomic mass is 10.5. The van der Waals surface area contributed by atoms with Crippen molar-refractivity contribution in [2.24, 2.45) is 0 Å². The average molecular weight is 180 g/mol. The second-order valence-corrected chi connectivity index (χ2v) is 4.66. The summed E-state index contributed by atoms with van der Waals surface area (Å²) >= 11 is 0.932. The molecule has 5 heteroatoms. The fraction of sp³-hybridized carbons (Fsp3) is 0.200. The summed E-state index contributed by atoms with van der Waals surface area (Å²) in [5.41, 5.74) is 0. The molecule has 0 radical (unpaired) electrons. The van der Waals surface area contributed by atoms with Gasteiger partial charge in [0.1, 0.15) is 0 Å². The van der Waals surface area contributed by atoms with Gasteiger partial charge in [-0.15, -0.1) is 11.3 Å². The van der Waals surface area contributed by atoms with Crippen LogP contribution in [0.1, 0.15) is 4.88 Å². The Hall–Kier alpha value is -0.420. The topological polar surface area (TPSA) is 34.1 Å². The SMILES string of the molecule is Cc1ccc(S(=O)(=O)F)s1. The van der Waals surface area contributed by atoms with Gasteiger partial charge in [-0.2, -0.15) is 8.42 Å². The zero-order valence-corrected chi connectivity index (χ0v) is 6.80. The van der Waals surface area contributed by atoms with E-state index in [0.29, 0.717) is 0 Å². The molecule has 1 rings (SSSR count). The minimum atomic E-state index is -4.46. The van der Waals surface area contributed by atoms with Crippen molar-refractivity contribution in [3.05, 3.63) is 17.0 Å². The van der Waals surface area contributed by atoms with Gasteiger partial charge >= 0.3 is 10.2 Å². The molecule has 0 unspecified atom stereocenters. The molecule has 0 aliphatic carbocycles. The number of aryl methyl sites for hydroxylation is 1. The molecule has 0 aliphatic rings. The largest absolute Gasteiger partial charge is 0.341 e. The summed E-state index contributed by atoms with van der Waals surface area (Å²) in [5, 5.41) is 0. The highest BCUT2D eigenvalue weighted by atomic mass is 32.3. The highest BCUT2D eigenvalue weighted by Crippen LogP contribution is 2.21. The van der Waals surface area contributed by atoms with E-state index in [2.05, 4.69) is 0 Å². The second-order valence-electron chi connectivity index (χ2n) is 1.80. The maximum atomic E-state index is 12.1. The summed E-state index contributed by atoms with van der Waals surface area (Å²) in [4.78, 5) is 0.788. The molecule has 10 heavy (non-hydrogen) atoms. The number of thiophene rings is 1. The Balaban J connectivity index is 3.21. The van der Waals surface area contributed by atoms with E-state index < -0.39 is 10.2 Å². The molecule has 1 aromatic heterocycles. The minimum absolute atomic E-state index is 0.218. The summed E-state index contributed by atoms with van der Waals surface area (Å²) in [6.07, 6.45) is 0. The predicted molar refractivity (Wildman–Crippen MR) is 37.3 cm³/mol. The summed E-state index contributed by atoms with van der Waals surface area (Å²) in [5.74, 6) is 0. The van der Waals surface area contributed by atoms with E-state index in [9.17, 15) is 12.3 Å². The van der Waals surface area contributed by atoms with Crippen LogP contribution >= 0.6 is 11.3 Å². The van der Waals surface area contributed by atoms with Crippen LogP contribution in [0.15, 0.2) is 16.3 Å². The Labute approximate surface area is 62.5 Å². The van der Waals surface area contributed by atoms with Gasteiger partial charge in [0.25, 0.3) is 0 Å². The first-order chi connectivity index (χ1) is 4.50. The zero-order valence-electron chi connectivity index (χ0n) is 5.17. The van der Waals surface area contributed by atoms with Gasteiger partial charge in [0.05, 0.1) is 0 Å². The molecule has 0 fully saturated rings. The summed E-state index contributed by atoms with van der Waals surface area (Å²) in [6.45, 7) is 1.72. The lowest BCUT2D eigenvalue weighted by Crippen LogP contribution is -1.84. The van der Waals surface area contributed by atoms with Crippen LogP contribution in [0, 0.1) is 6.92 Å². The van der Waals surface area contributed by atoms with Crippen LogP contribution in [0.5, 0.6) is 0 Å². The van der Waals surface area contributed by atoms with Crippen molar-refractivity contribution in [1.29, 1.82) is 0 Å². The van der Waals surface area contributed by atoms with Crippen LogP contribution in [-0.4, -0.2) is 8.42 Å². The van der Waals surface area contributed by atoms with E-state index in [1.54, 1.807) is 13.0 Å². The van der Waals surface area contributed by atoms with E-state index in [0.717, 1.165) is 16.2 Å². The lowest BCUT2D eigenvalue weighted by molar-refractivity contribution is 0.554. The first kappa shape index (κ1) is 7.68. The fourth-order valence-corrected chi connectivity index (χ4v) is 2.16. The van der Waals surface area contributed by atoms with Gasteiger partial charge < -0.3 is 0 Å². The second kappa shape index (κ2) is 2.32. The Morgan fingerprint density at radius 1 is 1.50 bits per heavy atom. The molecular weight excluding hydrogens is 175 g/mol. The van der Waals surface area contributed by atoms with Crippen LogP contribution in [0.2, 0.25) is 0 Å². The van der Waals surface area contributed by atoms with Crippen molar-refractivity contribution in [3.8, 4) is 0 Å². The maximum absolute atomic E-state index is 12.1. The fourth-order valence-electron chi connectivity index (χ4n) is 0.543. The molecule has 0 atom stereocenters. The van der Waals surface area contributed by atoms with Crippen LogP contribution in [0.25, 0.3) is 0 Å². The van der Waals surface area contributed by atoms with E-state index >= 15 is 0 Å². The minimum Gasteiger partial charge on any atom is -0.188 e. The van der Waals surface area contributed by atoms with Crippen molar-refractivity contribution in [2.45, 2.75) is 11.1 Å². The number of hydrogen-bond donors (Lipinski definition) is 0. The van der Waals surface area contributed by atoms with Crippen LogP contribution in [0.4, 0.5) is 3.89 Å². The van der Waals surface area contributed by atoms with E-state index in [-0.39, 0.29) is 4.21 Å². The summed E-state index contributed by atoms with van der Waals surface area (Å²) in [6, 6.07) is 2.83. The lowest BCUT2D eigenvalue weighted by Gasteiger charge is -1.82. The number of rotatable bonds is 1. The third-order valence-electron chi connectivity index (χ3n) is 0.956. The van der Waals surface area contributed by atoms with Crippen molar-refractivity contribution < 1.29 is 12.3 Å². The molecular formula is C5H5FO2S2. The van der Waals surface area contributed by atoms with Gasteiger partial charge in [0.2, 0.25) is 0 Å². The molecule has 0 saturated heterocycles. The van der Waals surface area contributed by atoms with Crippen molar-refractivity contribution >= 4 is 21.6 Å². The van der Waals surface area contributed by atoms with Gasteiger partial charge in [-0.05, 0) is 19.1 Å². The third kappa shape index (κ3) is 1.54. The van der Waals surface area contributed by atoms with Gasteiger partial charge in [0.15, 0.2) is 4.21 Å². The summed E-state index contributed by atoms with van der Waals surface area (Å²) in [7, 11) is -4.46. The average Bonchev–Trinajstić information content (AvgIpc) is 2.11. The molecule has 1 aromatic rings. The molecule has 2 nitrogen and oxygen atoms in total. The quantitative estimate of drug-likeness (QED) is 0.616. The van der Waals surface area contributed by atoms with Gasteiger partial charge in [-0.25, -0.2) is 0 Å². The van der Waals surface area contributed by atoms with Gasteiger partial charge in [-0.1, -0.05) is 3.89 Å².